The van der Waals surface area contributed by atoms with Crippen LogP contribution in [0.5, 0.6) is 0 Å². The summed E-state index contributed by atoms with van der Waals surface area (Å²) in [5.74, 6) is 1.44. The number of hydrogen-bond donors (Lipinski definition) is 0. The lowest BCUT2D eigenvalue weighted by Gasteiger charge is -2.47. The van der Waals surface area contributed by atoms with Crippen molar-refractivity contribution < 1.29 is 0 Å². The topological polar surface area (TPSA) is 0 Å². The van der Waals surface area contributed by atoms with Crippen LogP contribution in [0.15, 0.2) is 229 Å². The molecule has 4 atom stereocenters. The van der Waals surface area contributed by atoms with E-state index < -0.39 is 0 Å². The first-order chi connectivity index (χ1) is 31.8. The van der Waals surface area contributed by atoms with E-state index in [0.29, 0.717) is 23.7 Å². The monoisotopic (exact) mass is 810 g/mol. The molecule has 0 N–H and O–H groups in total. The fourth-order valence-electron chi connectivity index (χ4n) is 13.2. The molecule has 0 spiro atoms. The second-order valence-electron chi connectivity index (χ2n) is 18.8. The van der Waals surface area contributed by atoms with E-state index in [0.717, 1.165) is 12.8 Å². The molecule has 1 saturated carbocycles. The van der Waals surface area contributed by atoms with Crippen molar-refractivity contribution in [1.82, 2.24) is 0 Å². The fraction of sp³-hybridized carbons (Fsp3) is 0.0938. The summed E-state index contributed by atoms with van der Waals surface area (Å²) in [6.45, 7) is 0. The van der Waals surface area contributed by atoms with Crippen LogP contribution in [-0.4, -0.2) is 0 Å². The summed E-state index contributed by atoms with van der Waals surface area (Å²) in [5.41, 5.74) is 27.4. The standard InChI is InChI=1S/C64H42/c1-5-15-37(16-6-1)42-31-44-32-43(38-17-7-2-8-18-38)34-56-58(44)55(33-42)63-59(40-19-9-3-10-20-40)53-35-51-49-29-27-47-45-25-13-23-39-24-14-26-46(57(39)45)48-28-30-50(62(49)61(47)48)52(51)36-54(53)60(64(56)63)41-21-11-4-12-22-41/h1,3-7,9-36,39,57,61-62H,2,8H2. The quantitative estimate of drug-likeness (QED) is 0.166. The summed E-state index contributed by atoms with van der Waals surface area (Å²) in [6, 6.07) is 48.7. The van der Waals surface area contributed by atoms with Gasteiger partial charge in [-0.1, -0.05) is 170 Å². The molecule has 0 bridgehead atoms. The van der Waals surface area contributed by atoms with Crippen LogP contribution < -0.4 is 0 Å². The first-order valence-corrected chi connectivity index (χ1v) is 23.2. The summed E-state index contributed by atoms with van der Waals surface area (Å²) in [6.07, 6.45) is 33.5. The van der Waals surface area contributed by atoms with Gasteiger partial charge in [-0.3, -0.25) is 0 Å². The molecule has 1 fully saturated rings. The van der Waals surface area contributed by atoms with Gasteiger partial charge in [-0.2, -0.15) is 0 Å². The molecule has 8 aliphatic rings. The van der Waals surface area contributed by atoms with E-state index in [4.69, 9.17) is 0 Å². The van der Waals surface area contributed by atoms with Crippen molar-refractivity contribution in [3.63, 3.8) is 0 Å². The lowest BCUT2D eigenvalue weighted by molar-refractivity contribution is 0.508. The Labute approximate surface area is 374 Å². The molecule has 7 aromatic carbocycles. The molecule has 0 saturated heterocycles. The molecule has 0 aliphatic heterocycles. The maximum Gasteiger partial charge on any atom is 0.0211 e. The van der Waals surface area contributed by atoms with Crippen LogP contribution in [0.3, 0.4) is 0 Å². The lowest BCUT2D eigenvalue weighted by atomic mass is 9.56. The van der Waals surface area contributed by atoms with E-state index >= 15 is 0 Å². The van der Waals surface area contributed by atoms with Crippen molar-refractivity contribution in [2.45, 2.75) is 12.8 Å². The molecule has 0 heterocycles. The highest BCUT2D eigenvalue weighted by atomic mass is 14.5. The molecule has 0 nitrogen and oxygen atoms in total. The van der Waals surface area contributed by atoms with Crippen molar-refractivity contribution in [3.05, 3.63) is 245 Å². The Balaban J connectivity index is 1.08. The highest BCUT2D eigenvalue weighted by molar-refractivity contribution is 6.29. The van der Waals surface area contributed by atoms with Crippen molar-refractivity contribution in [2.75, 3.05) is 0 Å². The molecule has 4 unspecified atom stereocenters. The van der Waals surface area contributed by atoms with Crippen LogP contribution in [0.2, 0.25) is 0 Å². The Bertz CT molecular complexity index is 3620. The Morgan fingerprint density at radius 1 is 0.375 bits per heavy atom. The van der Waals surface area contributed by atoms with Crippen LogP contribution in [0.1, 0.15) is 29.5 Å². The van der Waals surface area contributed by atoms with Gasteiger partial charge in [-0.25, -0.2) is 0 Å². The average Bonchev–Trinajstić information content (AvgIpc) is 3.86. The van der Waals surface area contributed by atoms with E-state index in [-0.39, 0.29) is 0 Å². The zero-order valence-electron chi connectivity index (χ0n) is 35.4. The Morgan fingerprint density at radius 2 is 0.875 bits per heavy atom. The largest absolute Gasteiger partial charge is 0.0836 e. The number of allylic oxidation sites excluding steroid dienone is 20. The zero-order chi connectivity index (χ0) is 41.6. The number of fused-ring (bicyclic) bond motifs is 9. The molecular weight excluding hydrogens is 769 g/mol. The van der Waals surface area contributed by atoms with Crippen molar-refractivity contribution in [1.29, 1.82) is 0 Å². The molecule has 7 aromatic rings. The van der Waals surface area contributed by atoms with Gasteiger partial charge in [0.1, 0.15) is 0 Å². The van der Waals surface area contributed by atoms with Gasteiger partial charge in [0.15, 0.2) is 0 Å². The minimum atomic E-state index is 0.291. The van der Waals surface area contributed by atoms with Crippen LogP contribution >= 0.6 is 0 Å². The van der Waals surface area contributed by atoms with E-state index in [2.05, 4.69) is 206 Å². The van der Waals surface area contributed by atoms with Gasteiger partial charge in [0, 0.05) is 23.7 Å². The van der Waals surface area contributed by atoms with Crippen LogP contribution in [0.4, 0.5) is 0 Å². The minimum absolute atomic E-state index is 0.291. The fourth-order valence-corrected chi connectivity index (χ4v) is 13.2. The second-order valence-corrected chi connectivity index (χ2v) is 18.8. The van der Waals surface area contributed by atoms with E-state index in [9.17, 15) is 0 Å². The third kappa shape index (κ3) is 4.68. The molecule has 0 radical (unpaired) electrons. The number of benzene rings is 7. The van der Waals surface area contributed by atoms with Crippen molar-refractivity contribution in [2.24, 2.45) is 23.7 Å². The minimum Gasteiger partial charge on any atom is -0.0836 e. The normalized spacial score (nSPS) is 22.1. The van der Waals surface area contributed by atoms with E-state index in [1.54, 1.807) is 0 Å². The highest BCUT2D eigenvalue weighted by Gasteiger charge is 2.50. The van der Waals surface area contributed by atoms with Crippen LogP contribution in [0.25, 0.3) is 93.9 Å². The van der Waals surface area contributed by atoms with Crippen LogP contribution in [0, 0.1) is 23.7 Å². The third-order valence-electron chi connectivity index (χ3n) is 15.7. The van der Waals surface area contributed by atoms with Gasteiger partial charge in [0.05, 0.1) is 0 Å². The zero-order valence-corrected chi connectivity index (χ0v) is 35.4. The molecule has 0 heteroatoms. The van der Waals surface area contributed by atoms with Crippen LogP contribution in [-0.2, 0) is 0 Å². The highest BCUT2D eigenvalue weighted by Crippen LogP contribution is 2.65. The Morgan fingerprint density at radius 3 is 1.44 bits per heavy atom. The van der Waals surface area contributed by atoms with E-state index in [1.807, 2.05) is 0 Å². The molecule has 0 amide bonds. The first kappa shape index (κ1) is 35.0. The Kier molecular flexibility index (Phi) is 7.11. The maximum absolute atomic E-state index is 2.61. The van der Waals surface area contributed by atoms with Crippen molar-refractivity contribution in [3.8, 4) is 55.6 Å². The van der Waals surface area contributed by atoms with Gasteiger partial charge in [-0.05, 0) is 182 Å². The predicted molar refractivity (Wildman–Crippen MR) is 269 cm³/mol. The smallest absolute Gasteiger partial charge is 0.0211 e. The van der Waals surface area contributed by atoms with Crippen molar-refractivity contribution >= 4 is 38.3 Å². The molecule has 15 rings (SSSR count). The number of hydrogen-bond acceptors (Lipinski definition) is 0. The predicted octanol–water partition coefficient (Wildman–Crippen LogP) is 16.5. The molecule has 8 aliphatic carbocycles. The first-order valence-electron chi connectivity index (χ1n) is 23.2. The number of rotatable bonds is 4. The summed E-state index contributed by atoms with van der Waals surface area (Å²) < 4.78 is 0. The summed E-state index contributed by atoms with van der Waals surface area (Å²) >= 11 is 0. The molecule has 0 aromatic heterocycles. The second kappa shape index (κ2) is 13.0. The van der Waals surface area contributed by atoms with Gasteiger partial charge in [0.25, 0.3) is 0 Å². The summed E-state index contributed by atoms with van der Waals surface area (Å²) in [7, 11) is 0. The summed E-state index contributed by atoms with van der Waals surface area (Å²) in [5, 5.41) is 5.30. The molecular formula is C64H42. The van der Waals surface area contributed by atoms with Gasteiger partial charge >= 0.3 is 0 Å². The Hall–Kier alpha value is -7.54. The SMILES string of the molecule is C1=CC2C=CC=C3C4=CC=C5c6cc7c(-c8ccccc8)c8c(c(-c9ccccc9)c7cc6C6=CC=C(C(=C1)C32)C4C65)-c1cc(C2=CCCC=C2)cc2cc(-c3ccccc3)cc-8c12. The molecule has 64 heavy (non-hydrogen) atoms. The lowest BCUT2D eigenvalue weighted by Crippen LogP contribution is -2.36. The maximum atomic E-state index is 2.61. The summed E-state index contributed by atoms with van der Waals surface area (Å²) in [4.78, 5) is 0. The van der Waals surface area contributed by atoms with E-state index in [1.165, 1.54) is 133 Å². The van der Waals surface area contributed by atoms with Gasteiger partial charge < -0.3 is 0 Å². The molecule has 298 valence electrons. The van der Waals surface area contributed by atoms with Gasteiger partial charge in [-0.15, -0.1) is 0 Å². The van der Waals surface area contributed by atoms with Gasteiger partial charge in [0.2, 0.25) is 0 Å². The third-order valence-corrected chi connectivity index (χ3v) is 15.7. The average molecular weight is 811 g/mol.